The predicted molar refractivity (Wildman–Crippen MR) is 143 cm³/mol. The van der Waals surface area contributed by atoms with Gasteiger partial charge in [0.25, 0.3) is 0 Å². The molecule has 0 fully saturated rings. The molecule has 0 amide bonds. The zero-order chi connectivity index (χ0) is 23.7. The summed E-state index contributed by atoms with van der Waals surface area (Å²) in [4.78, 5) is 9.46. The minimum Gasteiger partial charge on any atom is -0.241 e. The maximum absolute atomic E-state index is 4.94. The van der Waals surface area contributed by atoms with Gasteiger partial charge in [0.2, 0.25) is 0 Å². The second kappa shape index (κ2) is 8.93. The number of halogens is 1. The van der Waals surface area contributed by atoms with E-state index in [0.29, 0.717) is 0 Å². The number of fused-ring (bicyclic) bond motifs is 1. The van der Waals surface area contributed by atoms with E-state index in [1.54, 1.807) is 0 Å². The van der Waals surface area contributed by atoms with Gasteiger partial charge in [-0.1, -0.05) is 84.9 Å². The summed E-state index contributed by atoms with van der Waals surface area (Å²) in [6.45, 7) is 0. The van der Waals surface area contributed by atoms with E-state index in [9.17, 15) is 0 Å². The van der Waals surface area contributed by atoms with E-state index < -0.39 is 5.54 Å². The Kier molecular flexibility index (Phi) is 5.47. The van der Waals surface area contributed by atoms with Gasteiger partial charge in [0.1, 0.15) is 10.1 Å². The summed E-state index contributed by atoms with van der Waals surface area (Å²) in [5, 5.41) is 5.94. The molecule has 0 unspecified atom stereocenters. The summed E-state index contributed by atoms with van der Waals surface area (Å²) in [5.41, 5.74) is 5.28. The molecule has 5 heteroatoms. The first-order valence-electron chi connectivity index (χ1n) is 11.4. The number of nitrogens with zero attached hydrogens (tertiary/aromatic N) is 4. The van der Waals surface area contributed by atoms with Gasteiger partial charge in [-0.25, -0.2) is 14.6 Å². The summed E-state index contributed by atoms with van der Waals surface area (Å²) < 4.78 is 2.86. The van der Waals surface area contributed by atoms with Crippen molar-refractivity contribution in [2.24, 2.45) is 0 Å². The van der Waals surface area contributed by atoms with Gasteiger partial charge in [-0.05, 0) is 63.0 Å². The van der Waals surface area contributed by atoms with E-state index >= 15 is 0 Å². The van der Waals surface area contributed by atoms with E-state index in [0.717, 1.165) is 43.6 Å². The van der Waals surface area contributed by atoms with Gasteiger partial charge in [0, 0.05) is 17.1 Å². The number of pyridine rings is 2. The van der Waals surface area contributed by atoms with Crippen molar-refractivity contribution in [2.75, 3.05) is 0 Å². The first-order chi connectivity index (χ1) is 17.3. The summed E-state index contributed by atoms with van der Waals surface area (Å²) in [7, 11) is 0. The summed E-state index contributed by atoms with van der Waals surface area (Å²) >= 11 is 3.52. The Morgan fingerprint density at radius 3 is 2.06 bits per heavy atom. The van der Waals surface area contributed by atoms with Gasteiger partial charge < -0.3 is 0 Å². The molecule has 6 aromatic rings. The first-order valence-corrected chi connectivity index (χ1v) is 12.2. The highest BCUT2D eigenvalue weighted by Gasteiger charge is 2.40. The van der Waals surface area contributed by atoms with Crippen LogP contribution in [0, 0.1) is 0 Å². The molecule has 0 N–H and O–H groups in total. The lowest BCUT2D eigenvalue weighted by atomic mass is 9.76. The quantitative estimate of drug-likeness (QED) is 0.181. The second-order valence-electron chi connectivity index (χ2n) is 8.34. The van der Waals surface area contributed by atoms with Crippen molar-refractivity contribution in [2.45, 2.75) is 5.54 Å². The third-order valence-electron chi connectivity index (χ3n) is 6.32. The lowest BCUT2D eigenvalue weighted by Crippen LogP contribution is -2.38. The average molecular weight is 517 g/mol. The zero-order valence-electron chi connectivity index (χ0n) is 18.8. The third kappa shape index (κ3) is 3.65. The maximum Gasteiger partial charge on any atom is 0.159 e. The monoisotopic (exact) mass is 516 g/mol. The molecule has 3 heterocycles. The largest absolute Gasteiger partial charge is 0.241 e. The number of aromatic nitrogens is 4. The Morgan fingerprint density at radius 2 is 1.34 bits per heavy atom. The van der Waals surface area contributed by atoms with E-state index in [1.807, 2.05) is 48.8 Å². The van der Waals surface area contributed by atoms with Crippen molar-refractivity contribution < 1.29 is 0 Å². The van der Waals surface area contributed by atoms with Gasteiger partial charge in [-0.2, -0.15) is 5.10 Å². The third-order valence-corrected chi connectivity index (χ3v) is 6.76. The SMILES string of the molecule is Brc1cccc(-c2cccc(C(c3ccccc3)(c3ccccc3)n3ncc4cccnc43)c2)n1. The molecule has 35 heavy (non-hydrogen) atoms. The van der Waals surface area contributed by atoms with Crippen LogP contribution in [0.25, 0.3) is 22.3 Å². The summed E-state index contributed by atoms with van der Waals surface area (Å²) in [5.74, 6) is 0. The lowest BCUT2D eigenvalue weighted by Gasteiger charge is -2.36. The Balaban J connectivity index is 1.73. The van der Waals surface area contributed by atoms with Crippen LogP contribution in [0.4, 0.5) is 0 Å². The summed E-state index contributed by atoms with van der Waals surface area (Å²) in [6.07, 6.45) is 3.71. The number of hydrogen-bond donors (Lipinski definition) is 0. The first kappa shape index (κ1) is 21.4. The molecule has 3 aromatic carbocycles. The van der Waals surface area contributed by atoms with Crippen LogP contribution in [0.15, 0.2) is 132 Å². The minimum absolute atomic E-state index is 0.749. The highest BCUT2D eigenvalue weighted by Crippen LogP contribution is 2.42. The average Bonchev–Trinajstić information content (AvgIpc) is 3.35. The van der Waals surface area contributed by atoms with Crippen molar-refractivity contribution >= 4 is 27.0 Å². The van der Waals surface area contributed by atoms with Gasteiger partial charge in [0.15, 0.2) is 5.65 Å². The van der Waals surface area contributed by atoms with E-state index in [-0.39, 0.29) is 0 Å². The fourth-order valence-electron chi connectivity index (χ4n) is 4.81. The van der Waals surface area contributed by atoms with E-state index in [2.05, 4.69) is 99.5 Å². The minimum atomic E-state index is -0.749. The Hall–Kier alpha value is -4.09. The van der Waals surface area contributed by atoms with Gasteiger partial charge in [-0.3, -0.25) is 0 Å². The number of benzene rings is 3. The molecular weight excluding hydrogens is 496 g/mol. The van der Waals surface area contributed by atoms with Crippen LogP contribution in [-0.2, 0) is 5.54 Å². The molecule has 0 aliphatic rings. The van der Waals surface area contributed by atoms with Crippen LogP contribution in [0.2, 0.25) is 0 Å². The highest BCUT2D eigenvalue weighted by atomic mass is 79.9. The Labute approximate surface area is 212 Å². The molecule has 3 aromatic heterocycles. The van der Waals surface area contributed by atoms with Crippen LogP contribution in [0.5, 0.6) is 0 Å². The van der Waals surface area contributed by atoms with Crippen LogP contribution >= 0.6 is 15.9 Å². The van der Waals surface area contributed by atoms with Crippen LogP contribution < -0.4 is 0 Å². The molecule has 0 atom stereocenters. The van der Waals surface area contributed by atoms with Crippen LogP contribution in [0.3, 0.4) is 0 Å². The number of rotatable bonds is 5. The van der Waals surface area contributed by atoms with E-state index in [1.165, 1.54) is 0 Å². The molecule has 6 rings (SSSR count). The molecule has 0 aliphatic heterocycles. The van der Waals surface area contributed by atoms with Crippen molar-refractivity contribution in [3.05, 3.63) is 149 Å². The van der Waals surface area contributed by atoms with Crippen LogP contribution in [-0.4, -0.2) is 19.7 Å². The fourth-order valence-corrected chi connectivity index (χ4v) is 5.15. The molecule has 0 radical (unpaired) electrons. The molecule has 0 spiro atoms. The standard InChI is InChI=1S/C30H21BrN4/c31-28-18-8-17-27(34-28)22-10-7-16-26(20-22)30(24-12-3-1-4-13-24,25-14-5-2-6-15-25)35-29-23(21-33-35)11-9-19-32-29/h1-21H. The molecule has 0 saturated carbocycles. The highest BCUT2D eigenvalue weighted by molar-refractivity contribution is 9.10. The van der Waals surface area contributed by atoms with Crippen molar-refractivity contribution in [3.8, 4) is 11.3 Å². The molecule has 0 aliphatic carbocycles. The number of hydrogen-bond acceptors (Lipinski definition) is 3. The fraction of sp³-hybridized carbons (Fsp3) is 0.0333. The van der Waals surface area contributed by atoms with Crippen molar-refractivity contribution in [3.63, 3.8) is 0 Å². The van der Waals surface area contributed by atoms with Gasteiger partial charge in [-0.15, -0.1) is 0 Å². The predicted octanol–water partition coefficient (Wildman–Crippen LogP) is 7.10. The maximum atomic E-state index is 4.94. The second-order valence-corrected chi connectivity index (χ2v) is 9.15. The Morgan fingerprint density at radius 1 is 0.657 bits per heavy atom. The molecule has 168 valence electrons. The summed E-state index contributed by atoms with van der Waals surface area (Å²) in [6, 6.07) is 39.6. The molecule has 4 nitrogen and oxygen atoms in total. The molecular formula is C30H21BrN4. The van der Waals surface area contributed by atoms with Crippen molar-refractivity contribution in [1.82, 2.24) is 19.7 Å². The van der Waals surface area contributed by atoms with Crippen LogP contribution in [0.1, 0.15) is 16.7 Å². The van der Waals surface area contributed by atoms with Gasteiger partial charge >= 0.3 is 0 Å². The Bertz CT molecular complexity index is 1570. The smallest absolute Gasteiger partial charge is 0.159 e. The normalized spacial score (nSPS) is 11.6. The molecule has 0 bridgehead atoms. The zero-order valence-corrected chi connectivity index (χ0v) is 20.4. The topological polar surface area (TPSA) is 43.6 Å². The lowest BCUT2D eigenvalue weighted by molar-refractivity contribution is 0.472. The van der Waals surface area contributed by atoms with Crippen molar-refractivity contribution in [1.29, 1.82) is 0 Å². The van der Waals surface area contributed by atoms with Gasteiger partial charge in [0.05, 0.1) is 11.9 Å². The molecule has 0 saturated heterocycles. The van der Waals surface area contributed by atoms with E-state index in [4.69, 9.17) is 15.1 Å².